The van der Waals surface area contributed by atoms with Crippen molar-refractivity contribution in [1.82, 2.24) is 4.98 Å². The fraction of sp³-hybridized carbons (Fsp3) is 0.0556. The molecule has 1 aromatic heterocycles. The molecule has 0 aliphatic rings. The fourth-order valence-electron chi connectivity index (χ4n) is 2.25. The molecule has 0 bridgehead atoms. The molecule has 0 atom stereocenters. The first-order valence-corrected chi connectivity index (χ1v) is 10.9. The third-order valence-corrected chi connectivity index (χ3v) is 6.42. The van der Waals surface area contributed by atoms with Crippen LogP contribution in [0.3, 0.4) is 0 Å². The Bertz CT molecular complexity index is 1130. The molecule has 27 heavy (non-hydrogen) atoms. The number of benzene rings is 2. The molecule has 0 aliphatic heterocycles. The van der Waals surface area contributed by atoms with Crippen LogP contribution in [0, 0.1) is 6.92 Å². The Hall–Kier alpha value is -2.91. The maximum atomic E-state index is 12.4. The Morgan fingerprint density at radius 3 is 1.81 bits per heavy atom. The number of pyridine rings is 1. The lowest BCUT2D eigenvalue weighted by Crippen LogP contribution is -2.15. The van der Waals surface area contributed by atoms with Gasteiger partial charge >= 0.3 is 0 Å². The van der Waals surface area contributed by atoms with Crippen LogP contribution in [0.5, 0.6) is 0 Å². The monoisotopic (exact) mass is 403 g/mol. The molecule has 0 radical (unpaired) electrons. The van der Waals surface area contributed by atoms with Crippen molar-refractivity contribution >= 4 is 31.6 Å². The van der Waals surface area contributed by atoms with Crippen LogP contribution >= 0.6 is 0 Å². The minimum Gasteiger partial charge on any atom is -0.280 e. The number of nitrogens with zero attached hydrogens (tertiary/aromatic N) is 1. The highest BCUT2D eigenvalue weighted by atomic mass is 32.2. The molecule has 9 heteroatoms. The second kappa shape index (κ2) is 7.37. The van der Waals surface area contributed by atoms with Gasteiger partial charge in [-0.3, -0.25) is 9.44 Å². The minimum absolute atomic E-state index is 0.00793. The van der Waals surface area contributed by atoms with Crippen LogP contribution in [0.2, 0.25) is 0 Å². The van der Waals surface area contributed by atoms with Crippen LogP contribution in [0.1, 0.15) is 5.56 Å². The first-order valence-electron chi connectivity index (χ1n) is 7.90. The van der Waals surface area contributed by atoms with Crippen molar-refractivity contribution in [2.24, 2.45) is 0 Å². The molecule has 0 spiro atoms. The molecule has 0 saturated heterocycles. The van der Waals surface area contributed by atoms with E-state index in [0.29, 0.717) is 0 Å². The van der Waals surface area contributed by atoms with Gasteiger partial charge in [0, 0.05) is 11.9 Å². The summed E-state index contributed by atoms with van der Waals surface area (Å²) in [4.78, 5) is 4.03. The molecular weight excluding hydrogens is 386 g/mol. The number of aryl methyl sites for hydroxylation is 1. The number of rotatable bonds is 6. The van der Waals surface area contributed by atoms with E-state index in [0.717, 1.165) is 5.56 Å². The largest absolute Gasteiger partial charge is 0.280 e. The summed E-state index contributed by atoms with van der Waals surface area (Å²) in [6, 6.07) is 16.7. The number of hydrogen-bond acceptors (Lipinski definition) is 5. The Morgan fingerprint density at radius 1 is 0.704 bits per heavy atom. The van der Waals surface area contributed by atoms with Crippen LogP contribution in [-0.2, 0) is 20.0 Å². The standard InChI is InChI=1S/C18H17N3O4S2/c1-14-5-9-16(10-6-14)26(22,23)20-15-7-11-17(12-8-15)27(24,25)21-18-4-2-3-13-19-18/h2-13,20H,1H3,(H,19,21). The zero-order chi connectivity index (χ0) is 19.5. The highest BCUT2D eigenvalue weighted by Crippen LogP contribution is 2.20. The summed E-state index contributed by atoms with van der Waals surface area (Å²) in [6.45, 7) is 1.86. The summed E-state index contributed by atoms with van der Waals surface area (Å²) in [5, 5.41) is 0. The smallest absolute Gasteiger partial charge is 0.263 e. The van der Waals surface area contributed by atoms with Gasteiger partial charge in [-0.2, -0.15) is 0 Å². The predicted molar refractivity (Wildman–Crippen MR) is 103 cm³/mol. The summed E-state index contributed by atoms with van der Waals surface area (Å²) in [6.07, 6.45) is 1.47. The molecular formula is C18H17N3O4S2. The van der Waals surface area contributed by atoms with Crippen molar-refractivity contribution in [3.63, 3.8) is 0 Å². The van der Waals surface area contributed by atoms with Gasteiger partial charge in [-0.1, -0.05) is 23.8 Å². The highest BCUT2D eigenvalue weighted by molar-refractivity contribution is 7.93. The first-order chi connectivity index (χ1) is 12.8. The molecule has 3 aromatic rings. The minimum atomic E-state index is -3.82. The van der Waals surface area contributed by atoms with Crippen molar-refractivity contribution in [2.45, 2.75) is 16.7 Å². The van der Waals surface area contributed by atoms with Gasteiger partial charge in [0.15, 0.2) is 0 Å². The summed E-state index contributed by atoms with van der Waals surface area (Å²) in [7, 11) is -7.57. The second-order valence-electron chi connectivity index (χ2n) is 5.76. The molecule has 0 unspecified atom stereocenters. The van der Waals surface area contributed by atoms with Crippen molar-refractivity contribution < 1.29 is 16.8 Å². The SMILES string of the molecule is Cc1ccc(S(=O)(=O)Nc2ccc(S(=O)(=O)Nc3ccccn3)cc2)cc1. The molecule has 2 N–H and O–H groups in total. The first kappa shape index (κ1) is 18.9. The van der Waals surface area contributed by atoms with Gasteiger partial charge in [0.05, 0.1) is 9.79 Å². The average Bonchev–Trinajstić information content (AvgIpc) is 2.63. The molecule has 0 amide bonds. The van der Waals surface area contributed by atoms with E-state index in [4.69, 9.17) is 0 Å². The Labute approximate surface area is 158 Å². The van der Waals surface area contributed by atoms with Crippen LogP contribution in [-0.4, -0.2) is 21.8 Å². The summed E-state index contributed by atoms with van der Waals surface area (Å²) >= 11 is 0. The number of sulfonamides is 2. The predicted octanol–water partition coefficient (Wildman–Crippen LogP) is 2.99. The van der Waals surface area contributed by atoms with Gasteiger partial charge in [-0.25, -0.2) is 21.8 Å². The normalized spacial score (nSPS) is 11.7. The zero-order valence-corrected chi connectivity index (χ0v) is 16.0. The fourth-order valence-corrected chi connectivity index (χ4v) is 4.32. The number of nitrogens with one attached hydrogen (secondary N) is 2. The van der Waals surface area contributed by atoms with Crippen LogP contribution < -0.4 is 9.44 Å². The molecule has 7 nitrogen and oxygen atoms in total. The topological polar surface area (TPSA) is 105 Å². The lowest BCUT2D eigenvalue weighted by Gasteiger charge is -2.10. The van der Waals surface area contributed by atoms with Crippen molar-refractivity contribution in [3.8, 4) is 0 Å². The summed E-state index contributed by atoms with van der Waals surface area (Å²) < 4.78 is 54.3. The quantitative estimate of drug-likeness (QED) is 0.658. The zero-order valence-electron chi connectivity index (χ0n) is 14.3. The molecule has 0 aliphatic carbocycles. The number of aromatic nitrogens is 1. The van der Waals surface area contributed by atoms with E-state index in [1.54, 1.807) is 24.3 Å². The van der Waals surface area contributed by atoms with Crippen LogP contribution in [0.25, 0.3) is 0 Å². The van der Waals surface area contributed by atoms with Crippen molar-refractivity contribution in [2.75, 3.05) is 9.44 Å². The Morgan fingerprint density at radius 2 is 1.26 bits per heavy atom. The molecule has 2 aromatic carbocycles. The van der Waals surface area contributed by atoms with E-state index < -0.39 is 20.0 Å². The lowest BCUT2D eigenvalue weighted by atomic mass is 10.2. The molecule has 3 rings (SSSR count). The third-order valence-electron chi connectivity index (χ3n) is 3.65. The van der Waals surface area contributed by atoms with Gasteiger partial charge in [0.1, 0.15) is 5.82 Å². The van der Waals surface area contributed by atoms with E-state index in [1.807, 2.05) is 6.92 Å². The van der Waals surface area contributed by atoms with E-state index >= 15 is 0 Å². The van der Waals surface area contributed by atoms with Gasteiger partial charge in [-0.05, 0) is 55.5 Å². The molecule has 140 valence electrons. The van der Waals surface area contributed by atoms with Gasteiger partial charge in [0.25, 0.3) is 20.0 Å². The lowest BCUT2D eigenvalue weighted by molar-refractivity contribution is 0.600. The average molecular weight is 403 g/mol. The van der Waals surface area contributed by atoms with Gasteiger partial charge in [-0.15, -0.1) is 0 Å². The van der Waals surface area contributed by atoms with Crippen LogP contribution in [0.15, 0.2) is 82.7 Å². The van der Waals surface area contributed by atoms with E-state index in [1.165, 1.54) is 48.7 Å². The summed E-state index contributed by atoms with van der Waals surface area (Å²) in [5.74, 6) is 0.196. The van der Waals surface area contributed by atoms with E-state index in [9.17, 15) is 16.8 Å². The van der Waals surface area contributed by atoms with Crippen molar-refractivity contribution in [3.05, 3.63) is 78.5 Å². The second-order valence-corrected chi connectivity index (χ2v) is 9.13. The van der Waals surface area contributed by atoms with Crippen molar-refractivity contribution in [1.29, 1.82) is 0 Å². The molecule has 0 fully saturated rings. The molecule has 1 heterocycles. The van der Waals surface area contributed by atoms with E-state index in [2.05, 4.69) is 14.4 Å². The highest BCUT2D eigenvalue weighted by Gasteiger charge is 2.17. The Balaban J connectivity index is 1.78. The number of hydrogen-bond donors (Lipinski definition) is 2. The van der Waals surface area contributed by atoms with Crippen LogP contribution in [0.4, 0.5) is 11.5 Å². The number of anilines is 2. The van der Waals surface area contributed by atoms with Gasteiger partial charge in [0.2, 0.25) is 0 Å². The third kappa shape index (κ3) is 4.63. The summed E-state index contributed by atoms with van der Waals surface area (Å²) in [5.41, 5.74) is 1.20. The maximum absolute atomic E-state index is 12.4. The molecule has 0 saturated carbocycles. The van der Waals surface area contributed by atoms with E-state index in [-0.39, 0.29) is 21.3 Å². The Kier molecular flexibility index (Phi) is 5.15. The van der Waals surface area contributed by atoms with Gasteiger partial charge < -0.3 is 0 Å². The maximum Gasteiger partial charge on any atom is 0.263 e.